The normalized spacial score (nSPS) is 13.1. The molecule has 0 aromatic heterocycles. The minimum atomic E-state index is -4.27. The Morgan fingerprint density at radius 1 is 0.429 bits per heavy atom. The topological polar surface area (TPSA) is 385 Å². The summed E-state index contributed by atoms with van der Waals surface area (Å²) < 4.78 is 84.6. The van der Waals surface area contributed by atoms with Crippen LogP contribution in [0, 0.1) is 5.92 Å². The molecule has 8 N–H and O–H groups in total. The van der Waals surface area contributed by atoms with E-state index < -0.39 is 34.0 Å². The van der Waals surface area contributed by atoms with E-state index in [2.05, 4.69) is 31.5 Å². The Morgan fingerprint density at radius 3 is 1.31 bits per heavy atom. The maximum atomic E-state index is 12.3. The van der Waals surface area contributed by atoms with Gasteiger partial charge in [-0.3, -0.25) is 37.9 Å². The number of Topliss-reactive ketones (excluding diaryl/α,β-unsaturated/α-hetero) is 1. The first-order valence-electron chi connectivity index (χ1n) is 26.1. The number of carbonyl (C=O) groups is 7. The van der Waals surface area contributed by atoms with Gasteiger partial charge in [0.05, 0.1) is 79.3 Å². The van der Waals surface area contributed by atoms with Gasteiger partial charge in [0.2, 0.25) is 11.8 Å². The summed E-state index contributed by atoms with van der Waals surface area (Å²) in [5.74, 6) is -0.783. The largest absolute Gasteiger partial charge is 0.505 e. The number of amides is 4. The van der Waals surface area contributed by atoms with Gasteiger partial charge in [0.25, 0.3) is 0 Å². The van der Waals surface area contributed by atoms with Crippen LogP contribution in [0.5, 0.6) is 0 Å². The van der Waals surface area contributed by atoms with Crippen molar-refractivity contribution in [3.63, 3.8) is 0 Å². The number of ether oxygens (including phenoxy) is 8. The molecule has 77 heavy (non-hydrogen) atoms. The van der Waals surface area contributed by atoms with Crippen LogP contribution in [0.25, 0.3) is 0 Å². The predicted molar refractivity (Wildman–Crippen MR) is 273 cm³/mol. The average molecular weight is 1160 g/mol. The van der Waals surface area contributed by atoms with Gasteiger partial charge in [-0.15, -0.1) is 0 Å². The number of rotatable bonds is 54. The summed E-state index contributed by atoms with van der Waals surface area (Å²) in [4.78, 5) is 101. The fourth-order valence-corrected chi connectivity index (χ4v) is 7.45. The van der Waals surface area contributed by atoms with Gasteiger partial charge in [-0.05, 0) is 77.0 Å². The monoisotopic (exact) mass is 1160 g/mol. The van der Waals surface area contributed by atoms with Crippen LogP contribution >= 0.6 is 15.6 Å². The number of phosphoric acid groups is 2. The first-order chi connectivity index (χ1) is 36.9. The van der Waals surface area contributed by atoms with E-state index in [0.717, 1.165) is 0 Å². The highest BCUT2D eigenvalue weighted by Gasteiger charge is 2.21. The molecule has 3 atom stereocenters. The highest BCUT2D eigenvalue weighted by atomic mass is 31.2. The Morgan fingerprint density at radius 2 is 0.831 bits per heavy atom. The molecular weight excluding hydrogens is 1070 g/mol. The molecule has 0 rings (SSSR count). The van der Waals surface area contributed by atoms with Crippen LogP contribution < -0.4 is 26.8 Å². The molecule has 0 bridgehead atoms. The summed E-state index contributed by atoms with van der Waals surface area (Å²) in [5, 5.41) is 16.5. The van der Waals surface area contributed by atoms with Crippen molar-refractivity contribution in [2.45, 2.75) is 117 Å². The smallest absolute Gasteiger partial charge is 0.463 e. The fourth-order valence-electron chi connectivity index (χ4n) is 5.87. The van der Waals surface area contributed by atoms with Gasteiger partial charge in [-0.2, -0.15) is 0 Å². The third-order valence-electron chi connectivity index (χ3n) is 9.91. The van der Waals surface area contributed by atoms with Crippen molar-refractivity contribution in [1.82, 2.24) is 26.8 Å². The molecule has 31 heteroatoms. The van der Waals surface area contributed by atoms with Crippen molar-refractivity contribution >= 4 is 57.6 Å². The van der Waals surface area contributed by atoms with Gasteiger partial charge < -0.3 is 73.5 Å². The number of hydrogen-bond donors (Lipinski definition) is 8. The standard InChI is InChI=1S/C46H87N5O24P2/c1-39(38-49-42(54)17-8-13-24-75-77(62,63)73-22-11-5-9-19-47-44(56)69-34-30-65-27-28-67-32-36-71-46(58)59)37-48-41(53)16-7-12-23-74-76(60,61)72-21-10-4-3-6-18-43(55)68-33-29-64-25-26-66-31-35-70-45(57)51-50-20-14-15-40(2)52/h39,50H,3-38H2,1-2H3,(H,47,56)(H,48,53)(H,49,54)(H,51,57)(H,58,59)(H,60,61)(H,62,63). The Labute approximate surface area is 451 Å². The molecule has 0 aromatic carbocycles. The Kier molecular flexibility index (Phi) is 47.5. The number of unbranched alkanes of at least 4 members (excludes halogenated alkanes) is 7. The second kappa shape index (κ2) is 50.2. The van der Waals surface area contributed by atoms with Crippen molar-refractivity contribution in [2.24, 2.45) is 5.92 Å². The first-order valence-corrected chi connectivity index (χ1v) is 29.0. The maximum absolute atomic E-state index is 12.3. The predicted octanol–water partition coefficient (Wildman–Crippen LogP) is 4.21. The summed E-state index contributed by atoms with van der Waals surface area (Å²) in [6.45, 7) is 6.29. The number of carbonyl (C=O) groups excluding carboxylic acids is 6. The Balaban J connectivity index is 3.68. The van der Waals surface area contributed by atoms with Crippen LogP contribution in [0.1, 0.15) is 117 Å². The molecule has 3 unspecified atom stereocenters. The molecule has 4 amide bonds. The molecule has 0 fully saturated rings. The highest BCUT2D eigenvalue weighted by Crippen LogP contribution is 2.44. The van der Waals surface area contributed by atoms with Crippen LogP contribution in [-0.4, -0.2) is 189 Å². The van der Waals surface area contributed by atoms with Crippen molar-refractivity contribution < 1.29 is 114 Å². The van der Waals surface area contributed by atoms with Gasteiger partial charge in [0.15, 0.2) is 0 Å². The molecule has 0 heterocycles. The van der Waals surface area contributed by atoms with Crippen molar-refractivity contribution in [1.29, 1.82) is 0 Å². The van der Waals surface area contributed by atoms with Crippen LogP contribution in [0.4, 0.5) is 14.4 Å². The first kappa shape index (κ1) is 72.9. The minimum absolute atomic E-state index is 0.00295. The number of carboxylic acid groups (broad SMARTS) is 1. The van der Waals surface area contributed by atoms with Gasteiger partial charge in [0.1, 0.15) is 32.2 Å². The zero-order valence-electron chi connectivity index (χ0n) is 44.8. The molecule has 0 spiro atoms. The summed E-state index contributed by atoms with van der Waals surface area (Å²) in [6.07, 6.45) is 4.47. The van der Waals surface area contributed by atoms with Gasteiger partial charge in [-0.25, -0.2) is 28.9 Å². The lowest BCUT2D eigenvalue weighted by Gasteiger charge is -2.14. The van der Waals surface area contributed by atoms with E-state index in [4.69, 9.17) is 56.4 Å². The molecule has 0 aliphatic rings. The molecule has 0 aliphatic heterocycles. The lowest BCUT2D eigenvalue weighted by atomic mass is 10.1. The summed E-state index contributed by atoms with van der Waals surface area (Å²) in [7, 11) is -8.52. The van der Waals surface area contributed by atoms with E-state index >= 15 is 0 Å². The van der Waals surface area contributed by atoms with E-state index in [1.807, 2.05) is 6.92 Å². The van der Waals surface area contributed by atoms with Crippen LogP contribution in [0.15, 0.2) is 0 Å². The fraction of sp³-hybridized carbons (Fsp3) is 0.848. The molecule has 0 saturated heterocycles. The quantitative estimate of drug-likeness (QED) is 0.0139. The molecule has 450 valence electrons. The van der Waals surface area contributed by atoms with Crippen LogP contribution in [0.2, 0.25) is 0 Å². The molecule has 0 aliphatic carbocycles. The molecule has 0 saturated carbocycles. The number of phosphoric ester groups is 2. The zero-order chi connectivity index (χ0) is 57.1. The second-order valence-electron chi connectivity index (χ2n) is 17.0. The van der Waals surface area contributed by atoms with Crippen molar-refractivity contribution in [3.05, 3.63) is 0 Å². The number of esters is 1. The summed E-state index contributed by atoms with van der Waals surface area (Å²) in [6, 6.07) is 0. The lowest BCUT2D eigenvalue weighted by molar-refractivity contribution is -0.145. The maximum Gasteiger partial charge on any atom is 0.505 e. The Hall–Kier alpha value is -4.09. The summed E-state index contributed by atoms with van der Waals surface area (Å²) >= 11 is 0. The van der Waals surface area contributed by atoms with Crippen LogP contribution in [0.3, 0.4) is 0 Å². The van der Waals surface area contributed by atoms with Crippen molar-refractivity contribution in [2.75, 3.05) is 132 Å². The zero-order valence-corrected chi connectivity index (χ0v) is 46.6. The van der Waals surface area contributed by atoms with E-state index in [1.165, 1.54) is 6.92 Å². The highest BCUT2D eigenvalue weighted by molar-refractivity contribution is 7.47. The SMILES string of the molecule is CC(=O)CCCNNC(=O)OCCOCCOCCOC(=O)CCCCCCOP(=O)(O)OCCCCC(=O)NCC(C)CNC(=O)CCCCOP(=O)(O)OCCCCCNC(=O)OCCOCCOCCOC(=O)O. The number of hydrazine groups is 1. The molecule has 0 aromatic rings. The van der Waals surface area contributed by atoms with Crippen LogP contribution in [-0.2, 0) is 84.3 Å². The third-order valence-corrected chi connectivity index (χ3v) is 11.9. The number of hydrogen-bond acceptors (Lipinski definition) is 22. The Bertz CT molecular complexity index is 1690. The number of alkyl carbamates (subject to hydrolysis) is 1. The van der Waals surface area contributed by atoms with Gasteiger partial charge in [-0.1, -0.05) is 19.8 Å². The van der Waals surface area contributed by atoms with Crippen molar-refractivity contribution in [3.8, 4) is 0 Å². The third kappa shape index (κ3) is 55.0. The second-order valence-corrected chi connectivity index (χ2v) is 19.9. The van der Waals surface area contributed by atoms with E-state index in [9.17, 15) is 52.5 Å². The average Bonchev–Trinajstić information content (AvgIpc) is 3.37. The summed E-state index contributed by atoms with van der Waals surface area (Å²) in [5.41, 5.74) is 5.01. The number of nitrogens with one attached hydrogen (secondary N) is 5. The molecule has 29 nitrogen and oxygen atoms in total. The molecular formula is C46H87N5O24P2. The van der Waals surface area contributed by atoms with E-state index in [1.54, 1.807) is 0 Å². The van der Waals surface area contributed by atoms with Gasteiger partial charge in [0, 0.05) is 51.9 Å². The molecule has 0 radical (unpaired) electrons. The number of ketones is 1. The minimum Gasteiger partial charge on any atom is -0.463 e. The van der Waals surface area contributed by atoms with E-state index in [0.29, 0.717) is 110 Å². The van der Waals surface area contributed by atoms with Gasteiger partial charge >= 0.3 is 40.0 Å². The lowest BCUT2D eigenvalue weighted by Crippen LogP contribution is -2.38. The van der Waals surface area contributed by atoms with E-state index in [-0.39, 0.29) is 154 Å².